The molecule has 0 atom stereocenters. The molecule has 0 bridgehead atoms. The van der Waals surface area contributed by atoms with Crippen LogP contribution < -0.4 is 10.1 Å². The van der Waals surface area contributed by atoms with Gasteiger partial charge in [0.15, 0.2) is 0 Å². The van der Waals surface area contributed by atoms with Crippen molar-refractivity contribution in [1.82, 2.24) is 5.32 Å². The van der Waals surface area contributed by atoms with E-state index < -0.39 is 11.4 Å². The van der Waals surface area contributed by atoms with E-state index in [1.807, 2.05) is 24.3 Å². The van der Waals surface area contributed by atoms with Crippen molar-refractivity contribution in [3.63, 3.8) is 0 Å². The highest BCUT2D eigenvalue weighted by atomic mass is 16.5. The van der Waals surface area contributed by atoms with Crippen LogP contribution in [0.2, 0.25) is 0 Å². The van der Waals surface area contributed by atoms with Gasteiger partial charge >= 0.3 is 5.97 Å². The fourth-order valence-electron chi connectivity index (χ4n) is 2.57. The quantitative estimate of drug-likeness (QED) is 0.724. The lowest BCUT2D eigenvalue weighted by Crippen LogP contribution is -2.42. The zero-order chi connectivity index (χ0) is 16.0. The summed E-state index contributed by atoms with van der Waals surface area (Å²) >= 11 is 0. The van der Waals surface area contributed by atoms with E-state index in [1.54, 1.807) is 6.08 Å². The number of rotatable bonds is 8. The SMILES string of the molecule is C=CCOc1ccccc1CNC(=O)CC1(C(=O)O)CCC1. The highest BCUT2D eigenvalue weighted by Crippen LogP contribution is 2.44. The van der Waals surface area contributed by atoms with Gasteiger partial charge in [0.2, 0.25) is 5.91 Å². The van der Waals surface area contributed by atoms with Crippen LogP contribution in [-0.4, -0.2) is 23.6 Å². The molecule has 2 N–H and O–H groups in total. The van der Waals surface area contributed by atoms with Gasteiger partial charge in [0.25, 0.3) is 0 Å². The van der Waals surface area contributed by atoms with Crippen LogP contribution in [-0.2, 0) is 16.1 Å². The molecule has 1 aromatic rings. The highest BCUT2D eigenvalue weighted by Gasteiger charge is 2.45. The molecule has 1 aromatic carbocycles. The molecule has 5 nitrogen and oxygen atoms in total. The molecule has 2 rings (SSSR count). The maximum absolute atomic E-state index is 12.0. The van der Waals surface area contributed by atoms with Crippen LogP contribution in [0.5, 0.6) is 5.75 Å². The van der Waals surface area contributed by atoms with E-state index in [9.17, 15) is 14.7 Å². The molecular formula is C17H21NO4. The number of hydrogen-bond acceptors (Lipinski definition) is 3. The van der Waals surface area contributed by atoms with Crippen LogP contribution in [0.15, 0.2) is 36.9 Å². The Balaban J connectivity index is 1.91. The van der Waals surface area contributed by atoms with E-state index in [1.165, 1.54) is 0 Å². The summed E-state index contributed by atoms with van der Waals surface area (Å²) in [6.07, 6.45) is 3.72. The van der Waals surface area contributed by atoms with E-state index in [2.05, 4.69) is 11.9 Å². The number of hydrogen-bond donors (Lipinski definition) is 2. The normalized spacial score (nSPS) is 15.5. The second-order valence-corrected chi connectivity index (χ2v) is 5.60. The van der Waals surface area contributed by atoms with Crippen molar-refractivity contribution < 1.29 is 19.4 Å². The van der Waals surface area contributed by atoms with Gasteiger partial charge in [-0.05, 0) is 18.9 Å². The van der Waals surface area contributed by atoms with Crippen LogP contribution in [0, 0.1) is 5.41 Å². The van der Waals surface area contributed by atoms with Gasteiger partial charge in [-0.2, -0.15) is 0 Å². The minimum absolute atomic E-state index is 0.0397. The average molecular weight is 303 g/mol. The van der Waals surface area contributed by atoms with Gasteiger partial charge in [0, 0.05) is 18.5 Å². The van der Waals surface area contributed by atoms with Crippen LogP contribution in [0.3, 0.4) is 0 Å². The third-order valence-electron chi connectivity index (χ3n) is 4.07. The summed E-state index contributed by atoms with van der Waals surface area (Å²) in [6, 6.07) is 7.43. The number of carbonyl (C=O) groups excluding carboxylic acids is 1. The number of carboxylic acid groups (broad SMARTS) is 1. The first-order valence-corrected chi connectivity index (χ1v) is 7.39. The number of amides is 1. The third kappa shape index (κ3) is 3.67. The molecule has 0 saturated heterocycles. The number of para-hydroxylation sites is 1. The Morgan fingerprint density at radius 1 is 1.36 bits per heavy atom. The minimum Gasteiger partial charge on any atom is -0.489 e. The van der Waals surface area contributed by atoms with Gasteiger partial charge < -0.3 is 15.2 Å². The first kappa shape index (κ1) is 16.1. The van der Waals surface area contributed by atoms with Gasteiger partial charge in [-0.3, -0.25) is 9.59 Å². The van der Waals surface area contributed by atoms with E-state index in [4.69, 9.17) is 4.74 Å². The van der Waals surface area contributed by atoms with E-state index in [0.29, 0.717) is 31.7 Å². The van der Waals surface area contributed by atoms with Crippen molar-refractivity contribution in [3.05, 3.63) is 42.5 Å². The van der Waals surface area contributed by atoms with E-state index in [0.717, 1.165) is 12.0 Å². The van der Waals surface area contributed by atoms with Crippen LogP contribution in [0.1, 0.15) is 31.2 Å². The Hall–Kier alpha value is -2.30. The number of carbonyl (C=O) groups is 2. The van der Waals surface area contributed by atoms with Crippen LogP contribution >= 0.6 is 0 Å². The van der Waals surface area contributed by atoms with Crippen molar-refractivity contribution >= 4 is 11.9 Å². The number of benzene rings is 1. The molecule has 118 valence electrons. The van der Waals surface area contributed by atoms with Gasteiger partial charge in [-0.25, -0.2) is 0 Å². The number of carboxylic acids is 1. The first-order chi connectivity index (χ1) is 10.6. The lowest BCUT2D eigenvalue weighted by atomic mass is 9.66. The van der Waals surface area contributed by atoms with Crippen molar-refractivity contribution in [2.75, 3.05) is 6.61 Å². The van der Waals surface area contributed by atoms with Gasteiger partial charge in [0.05, 0.1) is 5.41 Å². The molecule has 1 aliphatic rings. The van der Waals surface area contributed by atoms with Crippen LogP contribution in [0.4, 0.5) is 0 Å². The fourth-order valence-corrected chi connectivity index (χ4v) is 2.57. The average Bonchev–Trinajstić information content (AvgIpc) is 2.47. The Bertz CT molecular complexity index is 564. The lowest BCUT2D eigenvalue weighted by Gasteiger charge is -2.36. The molecule has 22 heavy (non-hydrogen) atoms. The zero-order valence-electron chi connectivity index (χ0n) is 12.5. The minimum atomic E-state index is -0.872. The second kappa shape index (κ2) is 7.11. The Morgan fingerprint density at radius 2 is 2.09 bits per heavy atom. The predicted molar refractivity (Wildman–Crippen MR) is 82.5 cm³/mol. The number of ether oxygens (including phenoxy) is 1. The molecule has 0 unspecified atom stereocenters. The summed E-state index contributed by atoms with van der Waals surface area (Å²) in [5.41, 5.74) is -0.00108. The molecule has 1 saturated carbocycles. The summed E-state index contributed by atoms with van der Waals surface area (Å²) < 4.78 is 5.53. The summed E-state index contributed by atoms with van der Waals surface area (Å²) in [5, 5.41) is 12.0. The molecule has 1 amide bonds. The number of nitrogens with one attached hydrogen (secondary N) is 1. The zero-order valence-corrected chi connectivity index (χ0v) is 12.5. The monoisotopic (exact) mass is 303 g/mol. The summed E-state index contributed by atoms with van der Waals surface area (Å²) in [6.45, 7) is 4.32. The Labute approximate surface area is 130 Å². The second-order valence-electron chi connectivity index (χ2n) is 5.60. The fraction of sp³-hybridized carbons (Fsp3) is 0.412. The lowest BCUT2D eigenvalue weighted by molar-refractivity contribution is -0.157. The van der Waals surface area contributed by atoms with E-state index in [-0.39, 0.29) is 12.3 Å². The largest absolute Gasteiger partial charge is 0.489 e. The first-order valence-electron chi connectivity index (χ1n) is 7.39. The molecule has 1 fully saturated rings. The highest BCUT2D eigenvalue weighted by molar-refractivity contribution is 5.85. The molecule has 5 heteroatoms. The van der Waals surface area contributed by atoms with Crippen molar-refractivity contribution in [1.29, 1.82) is 0 Å². The van der Waals surface area contributed by atoms with Crippen molar-refractivity contribution in [2.24, 2.45) is 5.41 Å². The molecule has 0 spiro atoms. The van der Waals surface area contributed by atoms with E-state index >= 15 is 0 Å². The molecule has 0 heterocycles. The molecule has 1 aliphatic carbocycles. The maximum Gasteiger partial charge on any atom is 0.310 e. The molecule has 0 aliphatic heterocycles. The summed E-state index contributed by atoms with van der Waals surface area (Å²) in [4.78, 5) is 23.3. The molecule has 0 radical (unpaired) electrons. The predicted octanol–water partition coefficient (Wildman–Crippen LogP) is 2.51. The van der Waals surface area contributed by atoms with Gasteiger partial charge in [0.1, 0.15) is 12.4 Å². The summed E-state index contributed by atoms with van der Waals surface area (Å²) in [7, 11) is 0. The molecule has 0 aromatic heterocycles. The molecular weight excluding hydrogens is 282 g/mol. The standard InChI is InChI=1S/C17H21NO4/c1-2-10-22-14-7-4-3-6-13(14)12-18-15(19)11-17(16(20)21)8-5-9-17/h2-4,6-7H,1,5,8-12H2,(H,18,19)(H,20,21). The van der Waals surface area contributed by atoms with Crippen molar-refractivity contribution in [2.45, 2.75) is 32.2 Å². The van der Waals surface area contributed by atoms with Gasteiger partial charge in [-0.1, -0.05) is 37.3 Å². The van der Waals surface area contributed by atoms with Crippen molar-refractivity contribution in [3.8, 4) is 5.75 Å². The third-order valence-corrected chi connectivity index (χ3v) is 4.07. The Morgan fingerprint density at radius 3 is 2.68 bits per heavy atom. The Kier molecular flexibility index (Phi) is 5.20. The smallest absolute Gasteiger partial charge is 0.310 e. The van der Waals surface area contributed by atoms with Crippen LogP contribution in [0.25, 0.3) is 0 Å². The topological polar surface area (TPSA) is 75.6 Å². The number of aliphatic carboxylic acids is 1. The van der Waals surface area contributed by atoms with Gasteiger partial charge in [-0.15, -0.1) is 0 Å². The maximum atomic E-state index is 12.0. The summed E-state index contributed by atoms with van der Waals surface area (Å²) in [5.74, 6) is -0.413.